The molecule has 0 bridgehead atoms. The molecule has 0 amide bonds. The standard InChI is InChI=1S/C29H25ClN4O3/c1-3-36-28-31-26-23(30)9-6-10-24(26)34(28)16-18-11-14-22-20(15-18)13-12-19-7-4-5-8-21(19)25(22)17(2)27-32-29(35)37-33-27/h4-11,14-15H,3,12-13,16H2,1-2H3,(H,32,33,35). The van der Waals surface area contributed by atoms with Gasteiger partial charge in [-0.3, -0.25) is 14.1 Å². The fourth-order valence-electron chi connectivity index (χ4n) is 5.17. The molecule has 1 N–H and O–H groups in total. The number of allylic oxidation sites excluding steroid dienone is 1. The second kappa shape index (κ2) is 9.41. The Morgan fingerprint density at radius 3 is 2.70 bits per heavy atom. The lowest BCUT2D eigenvalue weighted by atomic mass is 9.89. The van der Waals surface area contributed by atoms with Crippen LogP contribution in [0, 0.1) is 0 Å². The number of ether oxygens (including phenoxy) is 1. The molecular formula is C29H25ClN4O3. The van der Waals surface area contributed by atoms with Crippen molar-refractivity contribution in [3.05, 3.63) is 110 Å². The van der Waals surface area contributed by atoms with Gasteiger partial charge in [0, 0.05) is 5.57 Å². The van der Waals surface area contributed by atoms with Crippen LogP contribution in [0.4, 0.5) is 0 Å². The van der Waals surface area contributed by atoms with Crippen LogP contribution >= 0.6 is 11.6 Å². The summed E-state index contributed by atoms with van der Waals surface area (Å²) in [5.41, 5.74) is 9.48. The molecule has 0 aliphatic heterocycles. The Morgan fingerprint density at radius 1 is 1.08 bits per heavy atom. The second-order valence-electron chi connectivity index (χ2n) is 9.11. The van der Waals surface area contributed by atoms with Crippen LogP contribution in [-0.2, 0) is 19.4 Å². The second-order valence-corrected chi connectivity index (χ2v) is 9.52. The molecule has 0 atom stereocenters. The van der Waals surface area contributed by atoms with Crippen LogP contribution < -0.4 is 10.5 Å². The quantitative estimate of drug-likeness (QED) is 0.317. The van der Waals surface area contributed by atoms with Gasteiger partial charge >= 0.3 is 5.76 Å². The zero-order valence-electron chi connectivity index (χ0n) is 20.5. The molecule has 186 valence electrons. The van der Waals surface area contributed by atoms with Crippen molar-refractivity contribution in [2.24, 2.45) is 0 Å². The third kappa shape index (κ3) is 4.15. The van der Waals surface area contributed by atoms with E-state index in [1.165, 1.54) is 11.1 Å². The molecule has 0 spiro atoms. The van der Waals surface area contributed by atoms with Gasteiger partial charge in [-0.15, -0.1) is 0 Å². The lowest BCUT2D eigenvalue weighted by Crippen LogP contribution is -2.06. The Kier molecular flexibility index (Phi) is 5.93. The van der Waals surface area contributed by atoms with Crippen molar-refractivity contribution >= 4 is 33.8 Å². The Morgan fingerprint density at radius 2 is 1.89 bits per heavy atom. The van der Waals surface area contributed by atoms with Crippen molar-refractivity contribution in [1.82, 2.24) is 19.7 Å². The number of hydrogen-bond donors (Lipinski definition) is 1. The minimum Gasteiger partial charge on any atom is -0.465 e. The maximum absolute atomic E-state index is 11.7. The molecule has 2 heterocycles. The number of benzene rings is 3. The van der Waals surface area contributed by atoms with Gasteiger partial charge in [-0.2, -0.15) is 4.98 Å². The summed E-state index contributed by atoms with van der Waals surface area (Å²) < 4.78 is 12.7. The fraction of sp³-hybridized carbons (Fsp3) is 0.207. The predicted octanol–water partition coefficient (Wildman–Crippen LogP) is 5.89. The number of aromatic amines is 1. The van der Waals surface area contributed by atoms with E-state index in [0.29, 0.717) is 30.0 Å². The molecule has 1 aliphatic rings. The van der Waals surface area contributed by atoms with Crippen molar-refractivity contribution in [1.29, 1.82) is 0 Å². The topological polar surface area (TPSA) is 85.9 Å². The van der Waals surface area contributed by atoms with E-state index in [2.05, 4.69) is 56.1 Å². The average molecular weight is 513 g/mol. The molecule has 0 radical (unpaired) electrons. The molecular weight excluding hydrogens is 488 g/mol. The number of imidazole rings is 1. The zero-order valence-corrected chi connectivity index (χ0v) is 21.3. The van der Waals surface area contributed by atoms with Crippen LogP contribution in [0.3, 0.4) is 0 Å². The molecule has 37 heavy (non-hydrogen) atoms. The summed E-state index contributed by atoms with van der Waals surface area (Å²) in [5.74, 6) is -0.125. The Labute approximate surface area is 218 Å². The van der Waals surface area contributed by atoms with Crippen LogP contribution in [0.5, 0.6) is 6.01 Å². The van der Waals surface area contributed by atoms with Crippen LogP contribution in [-0.4, -0.2) is 26.3 Å². The van der Waals surface area contributed by atoms with Gasteiger partial charge in [0.25, 0.3) is 6.01 Å². The van der Waals surface area contributed by atoms with Gasteiger partial charge < -0.3 is 4.74 Å². The van der Waals surface area contributed by atoms with Gasteiger partial charge in [0.05, 0.1) is 23.7 Å². The van der Waals surface area contributed by atoms with Gasteiger partial charge in [-0.05, 0) is 72.2 Å². The summed E-state index contributed by atoms with van der Waals surface area (Å²) in [6.07, 6.45) is 1.80. The van der Waals surface area contributed by atoms with E-state index in [1.807, 2.05) is 38.1 Å². The number of para-hydroxylation sites is 1. The summed E-state index contributed by atoms with van der Waals surface area (Å²) in [7, 11) is 0. The molecule has 2 aromatic heterocycles. The minimum absolute atomic E-state index is 0.440. The summed E-state index contributed by atoms with van der Waals surface area (Å²) in [5, 5.41) is 4.57. The smallest absolute Gasteiger partial charge is 0.439 e. The summed E-state index contributed by atoms with van der Waals surface area (Å²) in [6.45, 7) is 5.03. The van der Waals surface area contributed by atoms with Crippen molar-refractivity contribution in [2.75, 3.05) is 6.61 Å². The largest absolute Gasteiger partial charge is 0.465 e. The maximum Gasteiger partial charge on any atom is 0.439 e. The van der Waals surface area contributed by atoms with Crippen LogP contribution in [0.1, 0.15) is 47.5 Å². The summed E-state index contributed by atoms with van der Waals surface area (Å²) in [6, 6.07) is 21.3. The fourth-order valence-corrected chi connectivity index (χ4v) is 5.38. The summed E-state index contributed by atoms with van der Waals surface area (Å²) >= 11 is 6.43. The number of aryl methyl sites for hydroxylation is 2. The Balaban J connectivity index is 1.48. The predicted molar refractivity (Wildman–Crippen MR) is 144 cm³/mol. The first-order valence-electron chi connectivity index (χ1n) is 12.3. The van der Waals surface area contributed by atoms with Crippen LogP contribution in [0.15, 0.2) is 70.0 Å². The third-order valence-electron chi connectivity index (χ3n) is 6.87. The van der Waals surface area contributed by atoms with Gasteiger partial charge in [0.1, 0.15) is 5.52 Å². The van der Waals surface area contributed by atoms with E-state index < -0.39 is 5.76 Å². The molecule has 8 heteroatoms. The van der Waals surface area contributed by atoms with Gasteiger partial charge in [0.15, 0.2) is 5.82 Å². The first-order chi connectivity index (χ1) is 18.0. The number of aromatic nitrogens is 4. The van der Waals surface area contributed by atoms with Gasteiger partial charge in [0.2, 0.25) is 0 Å². The highest BCUT2D eigenvalue weighted by molar-refractivity contribution is 6.34. The Hall–Kier alpha value is -4.10. The molecule has 1 aliphatic carbocycles. The molecule has 0 saturated heterocycles. The molecule has 0 fully saturated rings. The first-order valence-corrected chi connectivity index (χ1v) is 12.7. The van der Waals surface area contributed by atoms with E-state index in [-0.39, 0.29) is 0 Å². The first kappa shape index (κ1) is 23.3. The highest BCUT2D eigenvalue weighted by atomic mass is 35.5. The number of H-pyrrole nitrogens is 1. The van der Waals surface area contributed by atoms with E-state index in [9.17, 15) is 4.79 Å². The van der Waals surface area contributed by atoms with E-state index in [0.717, 1.165) is 51.7 Å². The number of fused-ring (bicyclic) bond motifs is 3. The molecule has 6 rings (SSSR count). The number of rotatable bonds is 5. The highest BCUT2D eigenvalue weighted by Gasteiger charge is 2.23. The van der Waals surface area contributed by atoms with Crippen molar-refractivity contribution in [2.45, 2.75) is 33.2 Å². The lowest BCUT2D eigenvalue weighted by molar-refractivity contribution is 0.301. The van der Waals surface area contributed by atoms with Crippen molar-refractivity contribution in [3.63, 3.8) is 0 Å². The normalized spacial score (nSPS) is 14.2. The van der Waals surface area contributed by atoms with E-state index >= 15 is 0 Å². The lowest BCUT2D eigenvalue weighted by Gasteiger charge is -2.16. The van der Waals surface area contributed by atoms with Crippen molar-refractivity contribution < 1.29 is 9.26 Å². The van der Waals surface area contributed by atoms with Crippen LogP contribution in [0.25, 0.3) is 22.2 Å². The molecule has 3 aromatic carbocycles. The van der Waals surface area contributed by atoms with Gasteiger partial charge in [-0.25, -0.2) is 4.79 Å². The minimum atomic E-state index is -0.565. The third-order valence-corrected chi connectivity index (χ3v) is 7.17. The number of nitrogens with zero attached hydrogens (tertiary/aromatic N) is 3. The van der Waals surface area contributed by atoms with E-state index in [1.54, 1.807) is 0 Å². The molecule has 0 saturated carbocycles. The molecule has 7 nitrogen and oxygen atoms in total. The number of hydrogen-bond acceptors (Lipinski definition) is 5. The van der Waals surface area contributed by atoms with Crippen molar-refractivity contribution in [3.8, 4) is 6.01 Å². The number of nitrogens with one attached hydrogen (secondary N) is 1. The monoisotopic (exact) mass is 512 g/mol. The Bertz CT molecular complexity index is 1730. The highest BCUT2D eigenvalue weighted by Crippen LogP contribution is 2.38. The van der Waals surface area contributed by atoms with Gasteiger partial charge in [-0.1, -0.05) is 65.3 Å². The summed E-state index contributed by atoms with van der Waals surface area (Å²) in [4.78, 5) is 19.1. The molecule has 5 aromatic rings. The van der Waals surface area contributed by atoms with Crippen LogP contribution in [0.2, 0.25) is 5.02 Å². The average Bonchev–Trinajstić information content (AvgIpc) is 3.44. The van der Waals surface area contributed by atoms with E-state index in [4.69, 9.17) is 20.9 Å². The SMILES string of the molecule is CCOc1nc2c(Cl)cccc2n1Cc1ccc2c(c1)CCc1ccccc1C2=C(C)c1noc(=O)[nH]1. The maximum atomic E-state index is 11.7. The zero-order chi connectivity index (χ0) is 25.5. The molecule has 0 unspecified atom stereocenters. The number of halogens is 1.